The fourth-order valence-electron chi connectivity index (χ4n) is 2.68. The van der Waals surface area contributed by atoms with Crippen molar-refractivity contribution in [2.45, 2.75) is 6.42 Å². The van der Waals surface area contributed by atoms with Crippen LogP contribution in [0.15, 0.2) is 69.9 Å². The van der Waals surface area contributed by atoms with Crippen LogP contribution in [0.3, 0.4) is 0 Å². The summed E-state index contributed by atoms with van der Waals surface area (Å²) >= 11 is 0. The molecule has 0 amide bonds. The lowest BCUT2D eigenvalue weighted by Crippen LogP contribution is -2.04. The van der Waals surface area contributed by atoms with Gasteiger partial charge in [-0.2, -0.15) is 0 Å². The van der Waals surface area contributed by atoms with Gasteiger partial charge in [0.2, 0.25) is 0 Å². The molecule has 5 heteroatoms. The molecule has 1 aromatic heterocycles. The van der Waals surface area contributed by atoms with E-state index in [1.165, 1.54) is 19.2 Å². The number of hydrogen-bond donors (Lipinski definition) is 1. The summed E-state index contributed by atoms with van der Waals surface area (Å²) in [4.78, 5) is 23.2. The van der Waals surface area contributed by atoms with Gasteiger partial charge in [0.05, 0.1) is 19.1 Å². The van der Waals surface area contributed by atoms with Crippen LogP contribution in [0.25, 0.3) is 22.6 Å². The number of carboxylic acids is 1. The van der Waals surface area contributed by atoms with Crippen molar-refractivity contribution in [2.24, 2.45) is 0 Å². The number of methoxy groups -OCH3 is 1. The highest BCUT2D eigenvalue weighted by Gasteiger charge is 2.16. The Morgan fingerprint density at radius 3 is 2.44 bits per heavy atom. The molecule has 3 rings (SSSR count). The molecule has 3 aromatic rings. The van der Waals surface area contributed by atoms with Crippen LogP contribution in [0.2, 0.25) is 0 Å². The maximum Gasteiger partial charge on any atom is 0.307 e. The molecule has 25 heavy (non-hydrogen) atoms. The third kappa shape index (κ3) is 3.61. The van der Waals surface area contributed by atoms with E-state index in [-0.39, 0.29) is 11.8 Å². The summed E-state index contributed by atoms with van der Waals surface area (Å²) in [5.41, 5.74) is 1.63. The topological polar surface area (TPSA) is 76.7 Å². The Kier molecular flexibility index (Phi) is 4.66. The van der Waals surface area contributed by atoms with Crippen molar-refractivity contribution < 1.29 is 19.1 Å². The third-order valence-electron chi connectivity index (χ3n) is 3.73. The number of para-hydroxylation sites is 1. The molecule has 2 aromatic carbocycles. The molecule has 0 bridgehead atoms. The van der Waals surface area contributed by atoms with E-state index in [0.29, 0.717) is 28.4 Å². The standard InChI is InChI=1S/C20H16O5/c1-24-20-14(10-19(22)23)8-5-9-16(20)18-12-15(21)11-17(25-18)13-6-3-2-4-7-13/h2-9,11-12H,10H2,1H3,(H,22,23). The fourth-order valence-corrected chi connectivity index (χ4v) is 2.68. The highest BCUT2D eigenvalue weighted by atomic mass is 16.5. The van der Waals surface area contributed by atoms with E-state index in [2.05, 4.69) is 0 Å². The zero-order valence-corrected chi connectivity index (χ0v) is 13.6. The average Bonchev–Trinajstić information content (AvgIpc) is 2.61. The van der Waals surface area contributed by atoms with Gasteiger partial charge in [0.15, 0.2) is 5.43 Å². The summed E-state index contributed by atoms with van der Waals surface area (Å²) < 4.78 is 11.3. The van der Waals surface area contributed by atoms with Gasteiger partial charge < -0.3 is 14.3 Å². The second kappa shape index (κ2) is 7.05. The van der Waals surface area contributed by atoms with E-state index in [4.69, 9.17) is 14.3 Å². The van der Waals surface area contributed by atoms with Gasteiger partial charge in [-0.1, -0.05) is 42.5 Å². The summed E-state index contributed by atoms with van der Waals surface area (Å²) in [6, 6.07) is 17.2. The maximum absolute atomic E-state index is 12.1. The summed E-state index contributed by atoms with van der Waals surface area (Å²) in [6.45, 7) is 0. The zero-order chi connectivity index (χ0) is 17.8. The number of carboxylic acid groups (broad SMARTS) is 1. The molecule has 0 atom stereocenters. The summed E-state index contributed by atoms with van der Waals surface area (Å²) in [5, 5.41) is 9.06. The normalized spacial score (nSPS) is 10.4. The average molecular weight is 336 g/mol. The van der Waals surface area contributed by atoms with Crippen molar-refractivity contribution in [3.05, 3.63) is 76.5 Å². The van der Waals surface area contributed by atoms with Crippen molar-refractivity contribution in [3.8, 4) is 28.4 Å². The SMILES string of the molecule is COc1c(CC(=O)O)cccc1-c1cc(=O)cc(-c2ccccc2)o1. The highest BCUT2D eigenvalue weighted by molar-refractivity contribution is 5.76. The lowest BCUT2D eigenvalue weighted by Gasteiger charge is -2.12. The largest absolute Gasteiger partial charge is 0.496 e. The van der Waals surface area contributed by atoms with Crippen LogP contribution in [-0.4, -0.2) is 18.2 Å². The van der Waals surface area contributed by atoms with Crippen LogP contribution in [-0.2, 0) is 11.2 Å². The van der Waals surface area contributed by atoms with Gasteiger partial charge >= 0.3 is 5.97 Å². The first-order valence-corrected chi connectivity index (χ1v) is 7.67. The number of hydrogen-bond acceptors (Lipinski definition) is 4. The van der Waals surface area contributed by atoms with Crippen LogP contribution in [0.5, 0.6) is 5.75 Å². The van der Waals surface area contributed by atoms with E-state index in [1.54, 1.807) is 18.2 Å². The van der Waals surface area contributed by atoms with E-state index < -0.39 is 5.97 Å². The van der Waals surface area contributed by atoms with E-state index in [1.807, 2.05) is 30.3 Å². The van der Waals surface area contributed by atoms with E-state index >= 15 is 0 Å². The van der Waals surface area contributed by atoms with Gasteiger partial charge in [0, 0.05) is 23.3 Å². The Morgan fingerprint density at radius 1 is 1.04 bits per heavy atom. The molecule has 126 valence electrons. The Balaban J connectivity index is 2.16. The quantitative estimate of drug-likeness (QED) is 0.770. The van der Waals surface area contributed by atoms with Crippen molar-refractivity contribution in [1.29, 1.82) is 0 Å². The molecule has 0 aliphatic rings. The summed E-state index contributed by atoms with van der Waals surface area (Å²) in [5.74, 6) is 0.192. The first-order chi connectivity index (χ1) is 12.1. The molecule has 0 aliphatic carbocycles. The Morgan fingerprint density at radius 2 is 1.76 bits per heavy atom. The minimum Gasteiger partial charge on any atom is -0.496 e. The minimum atomic E-state index is -0.963. The first-order valence-electron chi connectivity index (χ1n) is 7.67. The van der Waals surface area contributed by atoms with Crippen LogP contribution >= 0.6 is 0 Å². The number of ether oxygens (including phenoxy) is 1. The smallest absolute Gasteiger partial charge is 0.307 e. The van der Waals surface area contributed by atoms with Gasteiger partial charge in [-0.25, -0.2) is 0 Å². The fraction of sp³-hybridized carbons (Fsp3) is 0.100. The molecule has 1 heterocycles. The number of rotatable bonds is 5. The molecule has 0 unspecified atom stereocenters. The van der Waals surface area contributed by atoms with Crippen LogP contribution in [0.4, 0.5) is 0 Å². The molecular formula is C20H16O5. The second-order valence-corrected chi connectivity index (χ2v) is 5.46. The van der Waals surface area contributed by atoms with Crippen LogP contribution < -0.4 is 10.2 Å². The van der Waals surface area contributed by atoms with E-state index in [9.17, 15) is 9.59 Å². The molecular weight excluding hydrogens is 320 g/mol. The molecule has 5 nitrogen and oxygen atoms in total. The molecule has 0 aliphatic heterocycles. The Labute approximate surface area is 144 Å². The maximum atomic E-state index is 12.1. The molecule has 0 spiro atoms. The Bertz CT molecular complexity index is 957. The Hall–Kier alpha value is -3.34. The minimum absolute atomic E-state index is 0.181. The number of aliphatic carboxylic acids is 1. The van der Waals surface area contributed by atoms with Gasteiger partial charge in [-0.15, -0.1) is 0 Å². The summed E-state index contributed by atoms with van der Waals surface area (Å²) in [7, 11) is 1.46. The molecule has 0 saturated heterocycles. The van der Waals surface area contributed by atoms with Crippen molar-refractivity contribution >= 4 is 5.97 Å². The van der Waals surface area contributed by atoms with Gasteiger partial charge in [0.25, 0.3) is 0 Å². The monoisotopic (exact) mass is 336 g/mol. The van der Waals surface area contributed by atoms with Crippen molar-refractivity contribution in [3.63, 3.8) is 0 Å². The van der Waals surface area contributed by atoms with E-state index in [0.717, 1.165) is 5.56 Å². The third-order valence-corrected chi connectivity index (χ3v) is 3.73. The van der Waals surface area contributed by atoms with Gasteiger partial charge in [-0.05, 0) is 6.07 Å². The zero-order valence-electron chi connectivity index (χ0n) is 13.6. The molecule has 0 saturated carbocycles. The predicted molar refractivity (Wildman–Crippen MR) is 93.7 cm³/mol. The second-order valence-electron chi connectivity index (χ2n) is 5.46. The predicted octanol–water partition coefficient (Wildman–Crippen LogP) is 3.61. The number of carbonyl (C=O) groups is 1. The summed E-state index contributed by atoms with van der Waals surface area (Å²) in [6.07, 6.45) is -0.181. The number of benzene rings is 2. The molecule has 1 N–H and O–H groups in total. The van der Waals surface area contributed by atoms with Gasteiger partial charge in [0.1, 0.15) is 17.3 Å². The van der Waals surface area contributed by atoms with Gasteiger partial charge in [-0.3, -0.25) is 9.59 Å². The highest BCUT2D eigenvalue weighted by Crippen LogP contribution is 2.34. The van der Waals surface area contributed by atoms with Crippen molar-refractivity contribution in [1.82, 2.24) is 0 Å². The molecule has 0 radical (unpaired) electrons. The first kappa shape index (κ1) is 16.5. The van der Waals surface area contributed by atoms with Crippen LogP contribution in [0, 0.1) is 0 Å². The van der Waals surface area contributed by atoms with Crippen molar-refractivity contribution in [2.75, 3.05) is 7.11 Å². The van der Waals surface area contributed by atoms with Crippen LogP contribution in [0.1, 0.15) is 5.56 Å². The lowest BCUT2D eigenvalue weighted by molar-refractivity contribution is -0.136. The lowest BCUT2D eigenvalue weighted by atomic mass is 10.0. The molecule has 0 fully saturated rings.